The normalized spacial score (nSPS) is 10.7. The fourth-order valence-electron chi connectivity index (χ4n) is 2.77. The van der Waals surface area contributed by atoms with Gasteiger partial charge < -0.3 is 14.8 Å². The number of carbonyl (C=O) groups excluding carboxylic acids is 3. The summed E-state index contributed by atoms with van der Waals surface area (Å²) in [6, 6.07) is 9.60. The fourth-order valence-corrected chi connectivity index (χ4v) is 4.56. The second kappa shape index (κ2) is 11.2. The smallest absolute Gasteiger partial charge is 0.341 e. The average molecular weight is 487 g/mol. The van der Waals surface area contributed by atoms with E-state index in [2.05, 4.69) is 5.32 Å². The van der Waals surface area contributed by atoms with E-state index < -0.39 is 29.4 Å². The number of rotatable bonds is 9. The third kappa shape index (κ3) is 6.11. The first-order valence-electron chi connectivity index (χ1n) is 9.61. The SMILES string of the molecule is CCOC(=O)c1c(-c2cccs2)csc1NC(=O)COC(=O)C=Cc1ccccc1[N+](=O)[O-]. The highest BCUT2D eigenvalue weighted by Crippen LogP contribution is 2.38. The second-order valence-electron chi connectivity index (χ2n) is 6.36. The first kappa shape index (κ1) is 23.8. The van der Waals surface area contributed by atoms with E-state index in [1.807, 2.05) is 17.5 Å². The molecule has 0 spiro atoms. The molecule has 0 bridgehead atoms. The molecule has 33 heavy (non-hydrogen) atoms. The third-order valence-electron chi connectivity index (χ3n) is 4.19. The molecule has 1 amide bonds. The van der Waals surface area contributed by atoms with Gasteiger partial charge >= 0.3 is 11.9 Å². The molecule has 0 aliphatic carbocycles. The highest BCUT2D eigenvalue weighted by molar-refractivity contribution is 7.17. The minimum absolute atomic E-state index is 0.162. The first-order chi connectivity index (χ1) is 15.9. The Balaban J connectivity index is 1.65. The molecule has 1 N–H and O–H groups in total. The Bertz CT molecular complexity index is 1200. The molecule has 0 fully saturated rings. The monoisotopic (exact) mass is 486 g/mol. The van der Waals surface area contributed by atoms with Gasteiger partial charge in [-0.1, -0.05) is 18.2 Å². The number of esters is 2. The number of carbonyl (C=O) groups is 3. The van der Waals surface area contributed by atoms with Crippen LogP contribution in [0, 0.1) is 10.1 Å². The molecule has 0 aliphatic heterocycles. The quantitative estimate of drug-likeness (QED) is 0.200. The Morgan fingerprint density at radius 3 is 2.61 bits per heavy atom. The number of amides is 1. The number of ether oxygens (including phenoxy) is 2. The lowest BCUT2D eigenvalue weighted by atomic mass is 10.1. The molecular weight excluding hydrogens is 468 g/mol. The van der Waals surface area contributed by atoms with Gasteiger partial charge in [-0.15, -0.1) is 22.7 Å². The molecule has 0 radical (unpaired) electrons. The van der Waals surface area contributed by atoms with Crippen molar-refractivity contribution in [3.63, 3.8) is 0 Å². The lowest BCUT2D eigenvalue weighted by molar-refractivity contribution is -0.385. The zero-order valence-corrected chi connectivity index (χ0v) is 18.9. The van der Waals surface area contributed by atoms with Crippen LogP contribution in [0.4, 0.5) is 10.7 Å². The van der Waals surface area contributed by atoms with E-state index in [1.54, 1.807) is 18.4 Å². The molecule has 170 valence electrons. The number of nitro groups is 1. The molecule has 11 heteroatoms. The largest absolute Gasteiger partial charge is 0.462 e. The van der Waals surface area contributed by atoms with Crippen LogP contribution in [0.15, 0.2) is 53.2 Å². The van der Waals surface area contributed by atoms with E-state index in [0.717, 1.165) is 22.3 Å². The number of anilines is 1. The van der Waals surface area contributed by atoms with Gasteiger partial charge in [0, 0.05) is 28.0 Å². The summed E-state index contributed by atoms with van der Waals surface area (Å²) in [7, 11) is 0. The van der Waals surface area contributed by atoms with Gasteiger partial charge in [0.1, 0.15) is 10.6 Å². The summed E-state index contributed by atoms with van der Waals surface area (Å²) < 4.78 is 10.0. The van der Waals surface area contributed by atoms with Crippen LogP contribution in [0.2, 0.25) is 0 Å². The van der Waals surface area contributed by atoms with Crippen molar-refractivity contribution < 1.29 is 28.8 Å². The first-order valence-corrected chi connectivity index (χ1v) is 11.4. The molecule has 0 saturated carbocycles. The topological polar surface area (TPSA) is 125 Å². The summed E-state index contributed by atoms with van der Waals surface area (Å²) >= 11 is 2.60. The highest BCUT2D eigenvalue weighted by atomic mass is 32.1. The molecule has 0 saturated heterocycles. The van der Waals surface area contributed by atoms with Crippen molar-refractivity contribution in [1.29, 1.82) is 0 Å². The number of nitro benzene ring substituents is 1. The minimum Gasteiger partial charge on any atom is -0.462 e. The average Bonchev–Trinajstić information content (AvgIpc) is 3.46. The van der Waals surface area contributed by atoms with Crippen LogP contribution in [0.25, 0.3) is 16.5 Å². The van der Waals surface area contributed by atoms with Crippen LogP contribution in [0.1, 0.15) is 22.8 Å². The van der Waals surface area contributed by atoms with E-state index in [1.165, 1.54) is 35.6 Å². The predicted octanol–water partition coefficient (Wildman–Crippen LogP) is 4.76. The van der Waals surface area contributed by atoms with Crippen LogP contribution in [0.3, 0.4) is 0 Å². The number of benzene rings is 1. The number of nitrogens with zero attached hydrogens (tertiary/aromatic N) is 1. The summed E-state index contributed by atoms with van der Waals surface area (Å²) in [6.07, 6.45) is 2.24. The number of para-hydroxylation sites is 1. The maximum atomic E-state index is 12.5. The molecule has 2 heterocycles. The van der Waals surface area contributed by atoms with Crippen molar-refractivity contribution in [3.8, 4) is 10.4 Å². The molecule has 0 aliphatic rings. The number of hydrogen-bond donors (Lipinski definition) is 1. The molecule has 3 rings (SSSR count). The Hall–Kier alpha value is -3.83. The lowest BCUT2D eigenvalue weighted by Crippen LogP contribution is -2.21. The van der Waals surface area contributed by atoms with Gasteiger partial charge in [0.05, 0.1) is 17.1 Å². The minimum atomic E-state index is -0.848. The van der Waals surface area contributed by atoms with E-state index in [0.29, 0.717) is 5.56 Å². The molecule has 1 aromatic carbocycles. The molecule has 0 atom stereocenters. The summed E-state index contributed by atoms with van der Waals surface area (Å²) in [5, 5.41) is 17.5. The maximum Gasteiger partial charge on any atom is 0.341 e. The van der Waals surface area contributed by atoms with Gasteiger partial charge in [0.2, 0.25) is 0 Å². The van der Waals surface area contributed by atoms with Crippen molar-refractivity contribution >= 4 is 57.3 Å². The number of hydrogen-bond acceptors (Lipinski definition) is 9. The Morgan fingerprint density at radius 1 is 1.12 bits per heavy atom. The Morgan fingerprint density at radius 2 is 1.91 bits per heavy atom. The fraction of sp³-hybridized carbons (Fsp3) is 0.136. The molecule has 3 aromatic rings. The maximum absolute atomic E-state index is 12.5. The lowest BCUT2D eigenvalue weighted by Gasteiger charge is -2.08. The van der Waals surface area contributed by atoms with Crippen molar-refractivity contribution in [2.45, 2.75) is 6.92 Å². The van der Waals surface area contributed by atoms with Crippen LogP contribution in [-0.2, 0) is 19.1 Å². The summed E-state index contributed by atoms with van der Waals surface area (Å²) in [6.45, 7) is 1.26. The van der Waals surface area contributed by atoms with Crippen molar-refractivity contribution in [2.75, 3.05) is 18.5 Å². The van der Waals surface area contributed by atoms with Crippen LogP contribution >= 0.6 is 22.7 Å². The van der Waals surface area contributed by atoms with Crippen molar-refractivity contribution in [3.05, 3.63) is 74.5 Å². The summed E-state index contributed by atoms with van der Waals surface area (Å²) in [5.41, 5.74) is 0.945. The summed E-state index contributed by atoms with van der Waals surface area (Å²) in [4.78, 5) is 48.0. The van der Waals surface area contributed by atoms with E-state index >= 15 is 0 Å². The van der Waals surface area contributed by atoms with E-state index in [9.17, 15) is 24.5 Å². The van der Waals surface area contributed by atoms with E-state index in [-0.39, 0.29) is 28.4 Å². The molecule has 2 aromatic heterocycles. The Labute approximate surface area is 196 Å². The molecule has 0 unspecified atom stereocenters. The van der Waals surface area contributed by atoms with Gasteiger partial charge in [0.25, 0.3) is 11.6 Å². The van der Waals surface area contributed by atoms with Crippen LogP contribution in [0.5, 0.6) is 0 Å². The van der Waals surface area contributed by atoms with Crippen LogP contribution in [-0.4, -0.2) is 36.0 Å². The third-order valence-corrected chi connectivity index (χ3v) is 5.99. The van der Waals surface area contributed by atoms with Gasteiger partial charge in [-0.25, -0.2) is 9.59 Å². The van der Waals surface area contributed by atoms with Gasteiger partial charge in [-0.3, -0.25) is 14.9 Å². The van der Waals surface area contributed by atoms with Gasteiger partial charge in [-0.05, 0) is 30.5 Å². The van der Waals surface area contributed by atoms with Crippen molar-refractivity contribution in [1.82, 2.24) is 0 Å². The standard InChI is InChI=1S/C22H18N2O7S2/c1-2-30-22(27)20-15(17-8-5-11-32-17)13-33-21(20)23-18(25)12-31-19(26)10-9-14-6-3-4-7-16(14)24(28)29/h3-11,13H,2,12H2,1H3,(H,23,25). The van der Waals surface area contributed by atoms with E-state index in [4.69, 9.17) is 9.47 Å². The predicted molar refractivity (Wildman–Crippen MR) is 125 cm³/mol. The zero-order chi connectivity index (χ0) is 23.8. The molecular formula is C22H18N2O7S2. The van der Waals surface area contributed by atoms with Gasteiger partial charge in [0.15, 0.2) is 6.61 Å². The molecule has 9 nitrogen and oxygen atoms in total. The summed E-state index contributed by atoms with van der Waals surface area (Å²) in [5.74, 6) is -2.06. The highest BCUT2D eigenvalue weighted by Gasteiger charge is 2.23. The Kier molecular flexibility index (Phi) is 8.06. The zero-order valence-electron chi connectivity index (χ0n) is 17.3. The second-order valence-corrected chi connectivity index (χ2v) is 8.18. The number of thiophene rings is 2. The van der Waals surface area contributed by atoms with Crippen molar-refractivity contribution in [2.24, 2.45) is 0 Å². The number of nitrogens with one attached hydrogen (secondary N) is 1. The van der Waals surface area contributed by atoms with Gasteiger partial charge in [-0.2, -0.15) is 0 Å². The van der Waals surface area contributed by atoms with Crippen LogP contribution < -0.4 is 5.32 Å².